The summed E-state index contributed by atoms with van der Waals surface area (Å²) in [6.45, 7) is 1.99. The van der Waals surface area contributed by atoms with E-state index in [1.807, 2.05) is 6.92 Å². The van der Waals surface area contributed by atoms with Crippen molar-refractivity contribution in [1.29, 1.82) is 0 Å². The van der Waals surface area contributed by atoms with Crippen molar-refractivity contribution in [1.82, 2.24) is 0 Å². The van der Waals surface area contributed by atoms with Crippen LogP contribution in [0.2, 0.25) is 0 Å². The van der Waals surface area contributed by atoms with Gasteiger partial charge in [0.15, 0.2) is 17.0 Å². The fraction of sp³-hybridized carbons (Fsp3) is 0.107. The van der Waals surface area contributed by atoms with Crippen molar-refractivity contribution in [2.24, 2.45) is 4.99 Å². The lowest BCUT2D eigenvalue weighted by atomic mass is 9.68. The van der Waals surface area contributed by atoms with Crippen molar-refractivity contribution < 1.29 is 4.74 Å². The minimum Gasteiger partial charge on any atom is -0.462 e. The minimum absolute atomic E-state index is 0.646. The number of nitrogens with zero attached hydrogens (tertiary/aromatic N) is 1. The minimum atomic E-state index is -0.715. The number of aliphatic imine (C=N–C) groups is 1. The molecule has 0 unspecified atom stereocenters. The van der Waals surface area contributed by atoms with Crippen LogP contribution in [-0.2, 0) is 15.9 Å². The molecule has 0 radical (unpaired) electrons. The maximum Gasteiger partial charge on any atom is 0.195 e. The third-order valence-corrected chi connectivity index (χ3v) is 6.96. The van der Waals surface area contributed by atoms with Gasteiger partial charge < -0.3 is 4.74 Å². The molecule has 2 spiro atoms. The standard InChI is InChI=1S/C28H19NO/c1-18-29-27(23-14-6-2-10-19(23)20-11-3-7-15-24(20)27)28(30-18)25-16-8-4-12-21(25)22-13-5-9-17-26(22)28/h2-17H,1H3. The van der Waals surface area contributed by atoms with Crippen LogP contribution in [0.25, 0.3) is 22.3 Å². The molecular weight excluding hydrogens is 366 g/mol. The highest BCUT2D eigenvalue weighted by atomic mass is 16.5. The van der Waals surface area contributed by atoms with E-state index in [-0.39, 0.29) is 0 Å². The summed E-state index contributed by atoms with van der Waals surface area (Å²) in [6.07, 6.45) is 0. The fourth-order valence-electron chi connectivity index (χ4n) is 6.04. The Kier molecular flexibility index (Phi) is 2.85. The molecule has 2 aliphatic carbocycles. The highest BCUT2D eigenvalue weighted by molar-refractivity contribution is 5.93. The molecule has 0 N–H and O–H groups in total. The van der Waals surface area contributed by atoms with Gasteiger partial charge in [-0.15, -0.1) is 0 Å². The highest BCUT2D eigenvalue weighted by Gasteiger charge is 2.68. The maximum atomic E-state index is 6.86. The average Bonchev–Trinajstić information content (AvgIpc) is 3.38. The molecule has 0 amide bonds. The van der Waals surface area contributed by atoms with E-state index >= 15 is 0 Å². The Balaban J connectivity index is 1.71. The Morgan fingerprint density at radius 3 is 1.37 bits per heavy atom. The Hall–Kier alpha value is -3.65. The quantitative estimate of drug-likeness (QED) is 0.349. The van der Waals surface area contributed by atoms with Crippen molar-refractivity contribution >= 4 is 5.90 Å². The van der Waals surface area contributed by atoms with Crippen LogP contribution in [0.5, 0.6) is 0 Å². The van der Waals surface area contributed by atoms with Gasteiger partial charge in [-0.3, -0.25) is 0 Å². The third-order valence-electron chi connectivity index (χ3n) is 6.96. The van der Waals surface area contributed by atoms with Crippen LogP contribution >= 0.6 is 0 Å². The summed E-state index contributed by atoms with van der Waals surface area (Å²) < 4.78 is 6.86. The topological polar surface area (TPSA) is 21.6 Å². The van der Waals surface area contributed by atoms with Crippen molar-refractivity contribution in [2.45, 2.75) is 18.1 Å². The Morgan fingerprint density at radius 2 is 0.900 bits per heavy atom. The summed E-state index contributed by atoms with van der Waals surface area (Å²) in [6, 6.07) is 34.7. The zero-order valence-corrected chi connectivity index (χ0v) is 16.6. The molecule has 0 fully saturated rings. The van der Waals surface area contributed by atoms with E-state index < -0.39 is 11.1 Å². The summed E-state index contributed by atoms with van der Waals surface area (Å²) in [5.74, 6) is 0.730. The van der Waals surface area contributed by atoms with E-state index in [1.165, 1.54) is 44.5 Å². The Bertz CT molecular complexity index is 1310. The predicted octanol–water partition coefficient (Wildman–Crippen LogP) is 6.28. The van der Waals surface area contributed by atoms with Crippen LogP contribution in [0.1, 0.15) is 29.2 Å². The summed E-state index contributed by atoms with van der Waals surface area (Å²) in [5, 5.41) is 0. The first-order valence-electron chi connectivity index (χ1n) is 10.4. The first-order chi connectivity index (χ1) is 14.8. The lowest BCUT2D eigenvalue weighted by Gasteiger charge is -2.40. The predicted molar refractivity (Wildman–Crippen MR) is 120 cm³/mol. The smallest absolute Gasteiger partial charge is 0.195 e. The molecule has 3 aliphatic rings. The number of rotatable bonds is 0. The van der Waals surface area contributed by atoms with Crippen LogP contribution in [-0.4, -0.2) is 5.90 Å². The lowest BCUT2D eigenvalue weighted by Crippen LogP contribution is -2.45. The van der Waals surface area contributed by atoms with Gasteiger partial charge in [0.25, 0.3) is 0 Å². The van der Waals surface area contributed by atoms with Gasteiger partial charge in [0.05, 0.1) is 0 Å². The Morgan fingerprint density at radius 1 is 0.533 bits per heavy atom. The molecular formula is C28H19NO. The van der Waals surface area contributed by atoms with Gasteiger partial charge >= 0.3 is 0 Å². The van der Waals surface area contributed by atoms with E-state index in [0.29, 0.717) is 0 Å². The maximum absolute atomic E-state index is 6.86. The molecule has 7 rings (SSSR count). The van der Waals surface area contributed by atoms with Gasteiger partial charge in [-0.1, -0.05) is 97.1 Å². The SMILES string of the molecule is CC1=NC2(c3ccccc3-c3ccccc32)C2(O1)c1ccccc1-c1ccccc12. The largest absolute Gasteiger partial charge is 0.462 e. The molecule has 2 nitrogen and oxygen atoms in total. The molecule has 1 aliphatic heterocycles. The van der Waals surface area contributed by atoms with Crippen LogP contribution in [0.3, 0.4) is 0 Å². The summed E-state index contributed by atoms with van der Waals surface area (Å²) in [5.41, 5.74) is 8.42. The monoisotopic (exact) mass is 385 g/mol. The van der Waals surface area contributed by atoms with Crippen LogP contribution in [0.4, 0.5) is 0 Å². The van der Waals surface area contributed by atoms with E-state index in [2.05, 4.69) is 97.1 Å². The van der Waals surface area contributed by atoms with Gasteiger partial charge in [-0.2, -0.15) is 0 Å². The molecule has 0 aromatic heterocycles. The van der Waals surface area contributed by atoms with Crippen LogP contribution in [0, 0.1) is 0 Å². The molecule has 1 heterocycles. The molecule has 2 heteroatoms. The molecule has 0 bridgehead atoms. The summed E-state index contributed by atoms with van der Waals surface area (Å²) in [4.78, 5) is 5.33. The number of fused-ring (bicyclic) bond motifs is 11. The molecule has 0 saturated carbocycles. The zero-order valence-electron chi connectivity index (χ0n) is 16.6. The highest BCUT2D eigenvalue weighted by Crippen LogP contribution is 2.67. The number of hydrogen-bond acceptors (Lipinski definition) is 2. The fourth-order valence-corrected chi connectivity index (χ4v) is 6.04. The summed E-state index contributed by atoms with van der Waals surface area (Å²) in [7, 11) is 0. The molecule has 4 aromatic carbocycles. The summed E-state index contributed by atoms with van der Waals surface area (Å²) >= 11 is 0. The first-order valence-corrected chi connectivity index (χ1v) is 10.4. The van der Waals surface area contributed by atoms with Crippen molar-refractivity contribution in [2.75, 3.05) is 0 Å². The van der Waals surface area contributed by atoms with E-state index in [0.717, 1.165) is 5.90 Å². The number of ether oxygens (including phenoxy) is 1. The first kappa shape index (κ1) is 16.2. The molecule has 0 atom stereocenters. The molecule has 4 aromatic rings. The second-order valence-corrected chi connectivity index (χ2v) is 8.31. The second-order valence-electron chi connectivity index (χ2n) is 8.31. The Labute approximate surface area is 175 Å². The van der Waals surface area contributed by atoms with E-state index in [4.69, 9.17) is 9.73 Å². The average molecular weight is 385 g/mol. The van der Waals surface area contributed by atoms with Gasteiger partial charge in [0.1, 0.15) is 0 Å². The number of benzene rings is 4. The normalized spacial score (nSPS) is 17.8. The van der Waals surface area contributed by atoms with Gasteiger partial charge in [-0.05, 0) is 33.4 Å². The van der Waals surface area contributed by atoms with Gasteiger partial charge in [-0.25, -0.2) is 4.99 Å². The van der Waals surface area contributed by atoms with Crippen molar-refractivity contribution in [3.05, 3.63) is 119 Å². The van der Waals surface area contributed by atoms with Gasteiger partial charge in [0, 0.05) is 18.1 Å². The number of hydrogen-bond donors (Lipinski definition) is 0. The van der Waals surface area contributed by atoms with Crippen molar-refractivity contribution in [3.63, 3.8) is 0 Å². The van der Waals surface area contributed by atoms with Crippen LogP contribution in [0.15, 0.2) is 102 Å². The second kappa shape index (κ2) is 5.28. The van der Waals surface area contributed by atoms with E-state index in [1.54, 1.807) is 0 Å². The van der Waals surface area contributed by atoms with E-state index in [9.17, 15) is 0 Å². The van der Waals surface area contributed by atoms with Crippen LogP contribution < -0.4 is 0 Å². The molecule has 30 heavy (non-hydrogen) atoms. The molecule has 142 valence electrons. The lowest BCUT2D eigenvalue weighted by molar-refractivity contribution is 0.0674. The van der Waals surface area contributed by atoms with Gasteiger partial charge in [0.2, 0.25) is 0 Å². The molecule has 0 saturated heterocycles. The zero-order chi connectivity index (χ0) is 19.9. The van der Waals surface area contributed by atoms with Crippen molar-refractivity contribution in [3.8, 4) is 22.3 Å². The third kappa shape index (κ3) is 1.59.